The molecule has 1 aliphatic rings. The second-order valence-corrected chi connectivity index (χ2v) is 9.01. The number of amides is 1. The number of aromatic nitrogens is 2. The van der Waals surface area contributed by atoms with E-state index in [4.69, 9.17) is 9.15 Å². The van der Waals surface area contributed by atoms with E-state index in [0.717, 1.165) is 18.5 Å². The van der Waals surface area contributed by atoms with Crippen molar-refractivity contribution in [2.45, 2.75) is 38.5 Å². The van der Waals surface area contributed by atoms with Crippen molar-refractivity contribution in [3.05, 3.63) is 34.5 Å². The minimum Gasteiger partial charge on any atom is -0.465 e. The standard InChI is InChI=1S/C19H26N4O6S/c1-5-6-14-11-15(21-20-14)18(24)22-7-9-23(10-8-22)30(26,27)17-13(3)29-12(2)16(17)19(25)28-4/h11H,5-10H2,1-4H3,(H,20,21). The van der Waals surface area contributed by atoms with Gasteiger partial charge in [-0.15, -0.1) is 0 Å². The predicted molar refractivity (Wildman–Crippen MR) is 107 cm³/mol. The zero-order valence-corrected chi connectivity index (χ0v) is 18.3. The molecule has 0 atom stereocenters. The van der Waals surface area contributed by atoms with Gasteiger partial charge in [0.1, 0.15) is 27.7 Å². The third-order valence-electron chi connectivity index (χ3n) is 5.09. The number of carbonyl (C=O) groups excluding carboxylic acids is 2. The molecule has 3 rings (SSSR count). The second-order valence-electron chi connectivity index (χ2n) is 7.13. The van der Waals surface area contributed by atoms with E-state index in [2.05, 4.69) is 10.2 Å². The van der Waals surface area contributed by atoms with Crippen LogP contribution in [0.1, 0.15) is 51.4 Å². The SMILES string of the molecule is CCCc1cc(C(=O)N2CCN(S(=O)(=O)c3c(C)oc(C)c3C(=O)OC)CC2)n[nH]1. The Morgan fingerprint density at radius 3 is 2.47 bits per heavy atom. The second kappa shape index (κ2) is 8.60. The highest BCUT2D eigenvalue weighted by Crippen LogP contribution is 2.30. The van der Waals surface area contributed by atoms with Gasteiger partial charge in [-0.25, -0.2) is 13.2 Å². The Balaban J connectivity index is 1.76. The fraction of sp³-hybridized carbons (Fsp3) is 0.526. The van der Waals surface area contributed by atoms with E-state index in [0.29, 0.717) is 5.69 Å². The first-order chi connectivity index (χ1) is 14.2. The van der Waals surface area contributed by atoms with Gasteiger partial charge in [0.2, 0.25) is 10.0 Å². The van der Waals surface area contributed by atoms with Crippen LogP contribution < -0.4 is 0 Å². The molecule has 1 N–H and O–H groups in total. The molecule has 0 saturated carbocycles. The minimum atomic E-state index is -4.00. The molecular formula is C19H26N4O6S. The summed E-state index contributed by atoms with van der Waals surface area (Å²) in [6.07, 6.45) is 1.74. The number of H-pyrrole nitrogens is 1. The lowest BCUT2D eigenvalue weighted by Crippen LogP contribution is -2.50. The molecule has 1 fully saturated rings. The van der Waals surface area contributed by atoms with Crippen LogP contribution in [0.4, 0.5) is 0 Å². The Labute approximate surface area is 175 Å². The van der Waals surface area contributed by atoms with Gasteiger partial charge in [-0.3, -0.25) is 9.89 Å². The largest absolute Gasteiger partial charge is 0.465 e. The Hall–Kier alpha value is -2.66. The third kappa shape index (κ3) is 3.99. The Bertz CT molecular complexity index is 1050. The fourth-order valence-corrected chi connectivity index (χ4v) is 5.40. The first-order valence-electron chi connectivity index (χ1n) is 9.72. The average Bonchev–Trinajstić information content (AvgIpc) is 3.31. The van der Waals surface area contributed by atoms with Crippen molar-refractivity contribution >= 4 is 21.9 Å². The van der Waals surface area contributed by atoms with Crippen LogP contribution in [0.15, 0.2) is 15.4 Å². The van der Waals surface area contributed by atoms with Crippen molar-refractivity contribution in [1.29, 1.82) is 0 Å². The molecule has 3 heterocycles. The van der Waals surface area contributed by atoms with Gasteiger partial charge >= 0.3 is 5.97 Å². The van der Waals surface area contributed by atoms with Crippen LogP contribution >= 0.6 is 0 Å². The highest BCUT2D eigenvalue weighted by atomic mass is 32.2. The predicted octanol–water partition coefficient (Wildman–Crippen LogP) is 1.51. The Morgan fingerprint density at radius 2 is 1.87 bits per heavy atom. The number of carbonyl (C=O) groups is 2. The molecule has 0 aromatic carbocycles. The third-order valence-corrected chi connectivity index (χ3v) is 7.14. The van der Waals surface area contributed by atoms with Gasteiger partial charge in [0.15, 0.2) is 0 Å². The van der Waals surface area contributed by atoms with Gasteiger partial charge in [0.05, 0.1) is 7.11 Å². The lowest BCUT2D eigenvalue weighted by molar-refractivity contribution is 0.0594. The van der Waals surface area contributed by atoms with E-state index < -0.39 is 16.0 Å². The molecule has 0 unspecified atom stereocenters. The van der Waals surface area contributed by atoms with Gasteiger partial charge < -0.3 is 14.1 Å². The van der Waals surface area contributed by atoms with Gasteiger partial charge in [0, 0.05) is 31.9 Å². The topological polar surface area (TPSA) is 126 Å². The molecule has 1 saturated heterocycles. The van der Waals surface area contributed by atoms with Crippen LogP contribution in [0.25, 0.3) is 0 Å². The molecule has 0 aliphatic carbocycles. The molecule has 2 aromatic rings. The molecule has 1 aliphatic heterocycles. The van der Waals surface area contributed by atoms with E-state index in [1.54, 1.807) is 11.0 Å². The molecule has 0 bridgehead atoms. The van der Waals surface area contributed by atoms with Crippen molar-refractivity contribution in [3.63, 3.8) is 0 Å². The molecule has 11 heteroatoms. The minimum absolute atomic E-state index is 0.0894. The molecule has 10 nitrogen and oxygen atoms in total. The number of esters is 1. The Kier molecular flexibility index (Phi) is 6.32. The van der Waals surface area contributed by atoms with Crippen LogP contribution in [0.5, 0.6) is 0 Å². The maximum absolute atomic E-state index is 13.2. The van der Waals surface area contributed by atoms with Crippen LogP contribution in [0, 0.1) is 13.8 Å². The summed E-state index contributed by atoms with van der Waals surface area (Å²) < 4.78 is 37.8. The molecular weight excluding hydrogens is 412 g/mol. The lowest BCUT2D eigenvalue weighted by Gasteiger charge is -2.33. The van der Waals surface area contributed by atoms with Gasteiger partial charge in [0.25, 0.3) is 5.91 Å². The number of rotatable bonds is 6. The molecule has 2 aromatic heterocycles. The molecule has 0 spiro atoms. The number of nitrogens with one attached hydrogen (secondary N) is 1. The quantitative estimate of drug-likeness (QED) is 0.678. The van der Waals surface area contributed by atoms with E-state index in [1.807, 2.05) is 6.92 Å². The van der Waals surface area contributed by atoms with E-state index in [-0.39, 0.29) is 54.1 Å². The normalized spacial score (nSPS) is 15.4. The summed E-state index contributed by atoms with van der Waals surface area (Å²) in [4.78, 5) is 26.2. The smallest absolute Gasteiger partial charge is 0.342 e. The van der Waals surface area contributed by atoms with Gasteiger partial charge in [-0.05, 0) is 26.3 Å². The monoisotopic (exact) mass is 438 g/mol. The molecule has 30 heavy (non-hydrogen) atoms. The number of piperazine rings is 1. The number of aromatic amines is 1. The number of aryl methyl sites for hydroxylation is 3. The zero-order chi connectivity index (χ0) is 22.1. The molecule has 164 valence electrons. The van der Waals surface area contributed by atoms with Crippen LogP contribution in [-0.4, -0.2) is 73.0 Å². The fourth-order valence-electron chi connectivity index (χ4n) is 3.60. The maximum atomic E-state index is 13.2. The first kappa shape index (κ1) is 22.0. The summed E-state index contributed by atoms with van der Waals surface area (Å²) in [6, 6.07) is 1.73. The van der Waals surface area contributed by atoms with Crippen molar-refractivity contribution in [3.8, 4) is 0 Å². The van der Waals surface area contributed by atoms with Crippen molar-refractivity contribution in [1.82, 2.24) is 19.4 Å². The number of methoxy groups -OCH3 is 1. The molecule has 1 amide bonds. The van der Waals surface area contributed by atoms with Crippen LogP contribution in [-0.2, 0) is 21.2 Å². The molecule has 0 radical (unpaired) electrons. The summed E-state index contributed by atoms with van der Waals surface area (Å²) >= 11 is 0. The number of nitrogens with zero attached hydrogens (tertiary/aromatic N) is 3. The highest BCUT2D eigenvalue weighted by Gasteiger charge is 2.37. The summed E-state index contributed by atoms with van der Waals surface area (Å²) in [5.74, 6) is -0.686. The highest BCUT2D eigenvalue weighted by molar-refractivity contribution is 7.89. The van der Waals surface area contributed by atoms with Crippen molar-refractivity contribution in [2.75, 3.05) is 33.3 Å². The number of hydrogen-bond donors (Lipinski definition) is 1. The Morgan fingerprint density at radius 1 is 1.20 bits per heavy atom. The van der Waals surface area contributed by atoms with E-state index in [1.165, 1.54) is 25.3 Å². The number of furan rings is 1. The number of sulfonamides is 1. The summed E-state index contributed by atoms with van der Waals surface area (Å²) in [5, 5.41) is 6.92. The van der Waals surface area contributed by atoms with Gasteiger partial charge in [-0.1, -0.05) is 13.3 Å². The summed E-state index contributed by atoms with van der Waals surface area (Å²) in [7, 11) is -2.81. The summed E-state index contributed by atoms with van der Waals surface area (Å²) in [5.41, 5.74) is 1.13. The van der Waals surface area contributed by atoms with E-state index >= 15 is 0 Å². The number of ether oxygens (including phenoxy) is 1. The lowest BCUT2D eigenvalue weighted by atomic mass is 10.2. The van der Waals surface area contributed by atoms with Crippen LogP contribution in [0.3, 0.4) is 0 Å². The number of hydrogen-bond acceptors (Lipinski definition) is 7. The van der Waals surface area contributed by atoms with Crippen molar-refractivity contribution in [2.24, 2.45) is 0 Å². The summed E-state index contributed by atoms with van der Waals surface area (Å²) in [6.45, 7) is 5.70. The van der Waals surface area contributed by atoms with Crippen molar-refractivity contribution < 1.29 is 27.2 Å². The maximum Gasteiger partial charge on any atom is 0.342 e. The van der Waals surface area contributed by atoms with E-state index in [9.17, 15) is 18.0 Å². The van der Waals surface area contributed by atoms with Crippen LogP contribution in [0.2, 0.25) is 0 Å². The van der Waals surface area contributed by atoms with Gasteiger partial charge in [-0.2, -0.15) is 9.40 Å². The average molecular weight is 439 g/mol. The first-order valence-corrected chi connectivity index (χ1v) is 11.2. The zero-order valence-electron chi connectivity index (χ0n) is 17.5.